The molecule has 1 aliphatic rings. The van der Waals surface area contributed by atoms with E-state index in [2.05, 4.69) is 6.58 Å². The van der Waals surface area contributed by atoms with E-state index in [-0.39, 0.29) is 5.75 Å². The molecule has 2 N–H and O–H groups in total. The number of allylic oxidation sites excluding steroid dienone is 1. The summed E-state index contributed by atoms with van der Waals surface area (Å²) in [5, 5.41) is 0. The Labute approximate surface area is 92.2 Å². The molecule has 0 aromatic heterocycles. The van der Waals surface area contributed by atoms with Crippen molar-refractivity contribution in [1.29, 1.82) is 0 Å². The molecule has 0 saturated carbocycles. The van der Waals surface area contributed by atoms with Crippen molar-refractivity contribution in [2.75, 3.05) is 25.4 Å². The maximum Gasteiger partial charge on any atom is 0.214 e. The van der Waals surface area contributed by atoms with E-state index in [1.54, 1.807) is 10.4 Å². The Kier molecular flexibility index (Phi) is 4.76. The van der Waals surface area contributed by atoms with Crippen molar-refractivity contribution < 1.29 is 8.42 Å². The second-order valence-corrected chi connectivity index (χ2v) is 6.06. The van der Waals surface area contributed by atoms with Crippen molar-refractivity contribution in [2.24, 2.45) is 11.7 Å². The molecular formula is C10H20N2O2S. The van der Waals surface area contributed by atoms with E-state index in [4.69, 9.17) is 5.73 Å². The van der Waals surface area contributed by atoms with Gasteiger partial charge in [0.05, 0.1) is 5.75 Å². The lowest BCUT2D eigenvalue weighted by atomic mass is 9.99. The number of hydrogen-bond donors (Lipinski definition) is 1. The van der Waals surface area contributed by atoms with Crippen molar-refractivity contribution in [3.8, 4) is 0 Å². The first-order valence-corrected chi connectivity index (χ1v) is 7.00. The smallest absolute Gasteiger partial charge is 0.214 e. The average molecular weight is 232 g/mol. The monoisotopic (exact) mass is 232 g/mol. The van der Waals surface area contributed by atoms with Gasteiger partial charge in [-0.05, 0) is 31.7 Å². The highest BCUT2D eigenvalue weighted by atomic mass is 32.2. The molecule has 0 spiro atoms. The van der Waals surface area contributed by atoms with Gasteiger partial charge in [-0.3, -0.25) is 0 Å². The molecule has 0 atom stereocenters. The van der Waals surface area contributed by atoms with Gasteiger partial charge in [0, 0.05) is 13.1 Å². The van der Waals surface area contributed by atoms with Crippen LogP contribution in [0.2, 0.25) is 0 Å². The minimum Gasteiger partial charge on any atom is -0.330 e. The molecule has 5 heteroatoms. The largest absolute Gasteiger partial charge is 0.330 e. The topological polar surface area (TPSA) is 63.4 Å². The predicted molar refractivity (Wildman–Crippen MR) is 62.0 cm³/mol. The summed E-state index contributed by atoms with van der Waals surface area (Å²) in [4.78, 5) is 0. The number of nitrogens with two attached hydrogens (primary N) is 1. The van der Waals surface area contributed by atoms with E-state index < -0.39 is 10.0 Å². The SMILES string of the molecule is C=CCCS(=O)(=O)N1CCC(CN)CC1. The molecule has 1 heterocycles. The van der Waals surface area contributed by atoms with Gasteiger partial charge in [-0.25, -0.2) is 12.7 Å². The molecule has 88 valence electrons. The Balaban J connectivity index is 2.48. The second-order valence-electron chi connectivity index (χ2n) is 3.97. The summed E-state index contributed by atoms with van der Waals surface area (Å²) in [7, 11) is -3.06. The fourth-order valence-corrected chi connectivity index (χ4v) is 3.27. The molecule has 0 bridgehead atoms. The molecule has 1 fully saturated rings. The van der Waals surface area contributed by atoms with Gasteiger partial charge in [-0.15, -0.1) is 6.58 Å². The molecule has 1 rings (SSSR count). The Morgan fingerprint density at radius 2 is 2.00 bits per heavy atom. The van der Waals surface area contributed by atoms with Gasteiger partial charge in [0.15, 0.2) is 0 Å². The zero-order valence-corrected chi connectivity index (χ0v) is 9.88. The predicted octanol–water partition coefficient (Wildman–Crippen LogP) is 0.563. The second kappa shape index (κ2) is 5.63. The lowest BCUT2D eigenvalue weighted by Crippen LogP contribution is -2.41. The van der Waals surface area contributed by atoms with Crippen LogP contribution < -0.4 is 5.73 Å². The highest BCUT2D eigenvalue weighted by Gasteiger charge is 2.26. The highest BCUT2D eigenvalue weighted by molar-refractivity contribution is 7.89. The molecule has 1 aliphatic heterocycles. The molecular weight excluding hydrogens is 212 g/mol. The standard InChI is InChI=1S/C10H20N2O2S/c1-2-3-8-15(13,14)12-6-4-10(9-11)5-7-12/h2,10H,1,3-9,11H2. The van der Waals surface area contributed by atoms with E-state index in [0.717, 1.165) is 12.8 Å². The number of piperidine rings is 1. The van der Waals surface area contributed by atoms with Crippen LogP contribution in [0, 0.1) is 5.92 Å². The Bertz CT molecular complexity index is 293. The van der Waals surface area contributed by atoms with E-state index in [1.807, 2.05) is 0 Å². The highest BCUT2D eigenvalue weighted by Crippen LogP contribution is 2.18. The van der Waals surface area contributed by atoms with E-state index in [9.17, 15) is 8.42 Å². The van der Waals surface area contributed by atoms with Crippen LogP contribution in [0.1, 0.15) is 19.3 Å². The first-order chi connectivity index (χ1) is 7.10. The molecule has 0 amide bonds. The quantitative estimate of drug-likeness (QED) is 0.705. The maximum absolute atomic E-state index is 11.8. The van der Waals surface area contributed by atoms with Crippen LogP contribution in [-0.2, 0) is 10.0 Å². The van der Waals surface area contributed by atoms with E-state index in [1.165, 1.54) is 0 Å². The molecule has 0 radical (unpaired) electrons. The molecule has 0 aromatic rings. The van der Waals surface area contributed by atoms with Crippen LogP contribution in [-0.4, -0.2) is 38.1 Å². The Morgan fingerprint density at radius 1 is 1.40 bits per heavy atom. The summed E-state index contributed by atoms with van der Waals surface area (Å²) in [6, 6.07) is 0. The average Bonchev–Trinajstić information content (AvgIpc) is 2.26. The first-order valence-electron chi connectivity index (χ1n) is 5.39. The van der Waals surface area contributed by atoms with Gasteiger partial charge in [0.2, 0.25) is 10.0 Å². The third-order valence-electron chi connectivity index (χ3n) is 2.88. The zero-order valence-electron chi connectivity index (χ0n) is 9.06. The van der Waals surface area contributed by atoms with E-state index in [0.29, 0.717) is 32.0 Å². The van der Waals surface area contributed by atoms with Gasteiger partial charge in [0.1, 0.15) is 0 Å². The number of sulfonamides is 1. The summed E-state index contributed by atoms with van der Waals surface area (Å²) in [6.07, 6.45) is 3.96. The summed E-state index contributed by atoms with van der Waals surface area (Å²) in [5.74, 6) is 0.680. The van der Waals surface area contributed by atoms with Crippen LogP contribution in [0.5, 0.6) is 0 Å². The van der Waals surface area contributed by atoms with Crippen LogP contribution in [0.25, 0.3) is 0 Å². The molecule has 0 aliphatic carbocycles. The van der Waals surface area contributed by atoms with Gasteiger partial charge < -0.3 is 5.73 Å². The number of rotatable bonds is 5. The van der Waals surface area contributed by atoms with Gasteiger partial charge in [0.25, 0.3) is 0 Å². The summed E-state index contributed by atoms with van der Waals surface area (Å²) < 4.78 is 25.2. The number of hydrogen-bond acceptors (Lipinski definition) is 3. The van der Waals surface area contributed by atoms with Crippen molar-refractivity contribution in [3.05, 3.63) is 12.7 Å². The lowest BCUT2D eigenvalue weighted by Gasteiger charge is -2.30. The van der Waals surface area contributed by atoms with Crippen LogP contribution in [0.15, 0.2) is 12.7 Å². The van der Waals surface area contributed by atoms with Crippen molar-refractivity contribution >= 4 is 10.0 Å². The summed E-state index contributed by atoms with van der Waals surface area (Å²) >= 11 is 0. The van der Waals surface area contributed by atoms with Crippen molar-refractivity contribution in [1.82, 2.24) is 4.31 Å². The lowest BCUT2D eigenvalue weighted by molar-refractivity contribution is 0.278. The minimum atomic E-state index is -3.06. The normalized spacial score (nSPS) is 20.3. The third kappa shape index (κ3) is 3.59. The van der Waals surface area contributed by atoms with Crippen LogP contribution in [0.3, 0.4) is 0 Å². The van der Waals surface area contributed by atoms with Gasteiger partial charge >= 0.3 is 0 Å². The molecule has 4 nitrogen and oxygen atoms in total. The summed E-state index contributed by atoms with van der Waals surface area (Å²) in [5.41, 5.74) is 5.56. The summed E-state index contributed by atoms with van der Waals surface area (Å²) in [6.45, 7) is 5.45. The molecule has 0 aromatic carbocycles. The Morgan fingerprint density at radius 3 is 2.47 bits per heavy atom. The van der Waals surface area contributed by atoms with E-state index >= 15 is 0 Å². The van der Waals surface area contributed by atoms with Gasteiger partial charge in [-0.1, -0.05) is 6.08 Å². The fraction of sp³-hybridized carbons (Fsp3) is 0.800. The van der Waals surface area contributed by atoms with Crippen molar-refractivity contribution in [3.63, 3.8) is 0 Å². The minimum absolute atomic E-state index is 0.184. The van der Waals surface area contributed by atoms with Crippen LogP contribution >= 0.6 is 0 Å². The third-order valence-corrected chi connectivity index (χ3v) is 4.78. The van der Waals surface area contributed by atoms with Gasteiger partial charge in [-0.2, -0.15) is 0 Å². The molecule has 1 saturated heterocycles. The zero-order chi connectivity index (χ0) is 11.3. The fourth-order valence-electron chi connectivity index (χ4n) is 1.78. The first kappa shape index (κ1) is 12.7. The number of nitrogens with zero attached hydrogens (tertiary/aromatic N) is 1. The van der Waals surface area contributed by atoms with Crippen LogP contribution in [0.4, 0.5) is 0 Å². The molecule has 0 unspecified atom stereocenters. The Hall–Kier alpha value is -0.390. The molecule has 15 heavy (non-hydrogen) atoms. The maximum atomic E-state index is 11.8. The van der Waals surface area contributed by atoms with Crippen molar-refractivity contribution in [2.45, 2.75) is 19.3 Å².